The van der Waals surface area contributed by atoms with Gasteiger partial charge in [0.25, 0.3) is 0 Å². The lowest BCUT2D eigenvalue weighted by Crippen LogP contribution is -2.45. The van der Waals surface area contributed by atoms with E-state index in [1.165, 1.54) is 0 Å². The van der Waals surface area contributed by atoms with E-state index in [4.69, 9.17) is 5.11 Å². The van der Waals surface area contributed by atoms with Crippen molar-refractivity contribution < 1.29 is 20.4 Å². The molecule has 1 aliphatic carbocycles. The Bertz CT molecular complexity index is 206. The molecule has 0 aromatic rings. The Morgan fingerprint density at radius 3 is 2.38 bits per heavy atom. The molecule has 1 saturated heterocycles. The Hall–Kier alpha value is -0.200. The van der Waals surface area contributed by atoms with Crippen LogP contribution in [0.3, 0.4) is 0 Å². The quantitative estimate of drug-likeness (QED) is 0.333. The monoisotopic (exact) mass is 189 g/mol. The lowest BCUT2D eigenvalue weighted by atomic mass is 10.0. The van der Waals surface area contributed by atoms with Gasteiger partial charge in [-0.1, -0.05) is 0 Å². The molecule has 1 saturated carbocycles. The molecule has 5 N–H and O–H groups in total. The molecule has 5 heteroatoms. The molecule has 0 bridgehead atoms. The van der Waals surface area contributed by atoms with Crippen molar-refractivity contribution >= 4 is 0 Å². The van der Waals surface area contributed by atoms with Gasteiger partial charge >= 0.3 is 0 Å². The molecule has 13 heavy (non-hydrogen) atoms. The van der Waals surface area contributed by atoms with Gasteiger partial charge in [0.15, 0.2) is 0 Å². The fourth-order valence-electron chi connectivity index (χ4n) is 2.04. The van der Waals surface area contributed by atoms with E-state index in [-0.39, 0.29) is 5.54 Å². The second kappa shape index (κ2) is 2.90. The number of nitrogens with one attached hydrogen (secondary N) is 1. The molecule has 1 unspecified atom stereocenters. The van der Waals surface area contributed by atoms with Gasteiger partial charge in [0.1, 0.15) is 0 Å². The van der Waals surface area contributed by atoms with Gasteiger partial charge in [-0.05, 0) is 12.8 Å². The molecule has 2 rings (SSSR count). The van der Waals surface area contributed by atoms with Crippen molar-refractivity contribution in [1.82, 2.24) is 5.32 Å². The summed E-state index contributed by atoms with van der Waals surface area (Å²) in [6, 6.07) is -0.609. The zero-order valence-electron chi connectivity index (χ0n) is 7.22. The molecule has 2 fully saturated rings. The number of aliphatic hydroxyl groups excluding tert-OH is 4. The first-order valence-corrected chi connectivity index (χ1v) is 4.53. The third kappa shape index (κ3) is 1.28. The molecule has 0 aromatic carbocycles. The molecular formula is C8H15NO4. The van der Waals surface area contributed by atoms with Gasteiger partial charge in [0, 0.05) is 5.54 Å². The first-order chi connectivity index (χ1) is 6.10. The third-order valence-electron chi connectivity index (χ3n) is 3.10. The Kier molecular flexibility index (Phi) is 2.08. The van der Waals surface area contributed by atoms with Crippen LogP contribution in [0.5, 0.6) is 0 Å². The summed E-state index contributed by atoms with van der Waals surface area (Å²) < 4.78 is 0. The maximum absolute atomic E-state index is 9.60. The Balaban J connectivity index is 2.07. The average Bonchev–Trinajstić information content (AvgIpc) is 2.87. The summed E-state index contributed by atoms with van der Waals surface area (Å²) in [5.41, 5.74) is -0.389. The summed E-state index contributed by atoms with van der Waals surface area (Å²) in [4.78, 5) is 0. The van der Waals surface area contributed by atoms with Crippen LogP contribution in [-0.2, 0) is 0 Å². The minimum absolute atomic E-state index is 0.389. The van der Waals surface area contributed by atoms with Crippen LogP contribution in [0.2, 0.25) is 0 Å². The number of hydrogen-bond acceptors (Lipinski definition) is 5. The highest BCUT2D eigenvalue weighted by molar-refractivity contribution is 5.18. The highest BCUT2D eigenvalue weighted by atomic mass is 16.3. The van der Waals surface area contributed by atoms with E-state index in [0.717, 1.165) is 12.8 Å². The molecule has 1 spiro atoms. The van der Waals surface area contributed by atoms with Crippen LogP contribution in [0.1, 0.15) is 12.8 Å². The van der Waals surface area contributed by atoms with E-state index in [1.807, 2.05) is 0 Å². The molecule has 0 radical (unpaired) electrons. The summed E-state index contributed by atoms with van der Waals surface area (Å²) in [6.45, 7) is -0.405. The first kappa shape index (κ1) is 9.36. The molecule has 5 nitrogen and oxygen atoms in total. The van der Waals surface area contributed by atoms with E-state index in [2.05, 4.69) is 5.32 Å². The maximum atomic E-state index is 9.60. The fourth-order valence-corrected chi connectivity index (χ4v) is 2.04. The minimum atomic E-state index is -1.01. The van der Waals surface area contributed by atoms with Crippen molar-refractivity contribution in [2.24, 2.45) is 0 Å². The molecule has 1 heterocycles. The van der Waals surface area contributed by atoms with Crippen molar-refractivity contribution in [3.05, 3.63) is 0 Å². The van der Waals surface area contributed by atoms with E-state index < -0.39 is 31.0 Å². The SMILES string of the molecule is OCC(O)[C@@H]1NC2(CC2)[C@@H](O)[C@H]1O. The number of hydrogen-bond donors (Lipinski definition) is 5. The summed E-state index contributed by atoms with van der Waals surface area (Å²) in [6.07, 6.45) is -1.17. The molecule has 0 aromatic heterocycles. The topological polar surface area (TPSA) is 93.0 Å². The molecule has 4 atom stereocenters. The predicted molar refractivity (Wildman–Crippen MR) is 44.0 cm³/mol. The molecule has 1 aliphatic heterocycles. The van der Waals surface area contributed by atoms with Crippen LogP contribution in [-0.4, -0.2) is 56.9 Å². The second-order valence-electron chi connectivity index (χ2n) is 4.01. The van der Waals surface area contributed by atoms with Gasteiger partial charge in [-0.3, -0.25) is 0 Å². The fraction of sp³-hybridized carbons (Fsp3) is 1.00. The van der Waals surface area contributed by atoms with Crippen molar-refractivity contribution in [3.63, 3.8) is 0 Å². The van der Waals surface area contributed by atoms with Gasteiger partial charge < -0.3 is 25.7 Å². The predicted octanol–water partition coefficient (Wildman–Crippen LogP) is -2.43. The van der Waals surface area contributed by atoms with Gasteiger partial charge in [-0.15, -0.1) is 0 Å². The minimum Gasteiger partial charge on any atom is -0.394 e. The zero-order valence-corrected chi connectivity index (χ0v) is 7.22. The Morgan fingerprint density at radius 1 is 1.38 bits per heavy atom. The second-order valence-corrected chi connectivity index (χ2v) is 4.01. The maximum Gasteiger partial charge on any atom is 0.0996 e. The van der Waals surface area contributed by atoms with Crippen LogP contribution >= 0.6 is 0 Å². The van der Waals surface area contributed by atoms with Crippen LogP contribution in [0.25, 0.3) is 0 Å². The zero-order chi connectivity index (χ0) is 9.64. The van der Waals surface area contributed by atoms with Crippen LogP contribution in [0.15, 0.2) is 0 Å². The normalized spacial score (nSPS) is 43.8. The lowest BCUT2D eigenvalue weighted by Gasteiger charge is -2.19. The third-order valence-corrected chi connectivity index (χ3v) is 3.10. The van der Waals surface area contributed by atoms with Crippen molar-refractivity contribution in [3.8, 4) is 0 Å². The smallest absolute Gasteiger partial charge is 0.0996 e. The van der Waals surface area contributed by atoms with E-state index >= 15 is 0 Å². The number of rotatable bonds is 2. The van der Waals surface area contributed by atoms with Gasteiger partial charge in [-0.2, -0.15) is 0 Å². The first-order valence-electron chi connectivity index (χ1n) is 4.53. The number of aliphatic hydroxyl groups is 4. The van der Waals surface area contributed by atoms with Crippen LogP contribution in [0, 0.1) is 0 Å². The molecule has 0 amide bonds. The summed E-state index contributed by atoms with van der Waals surface area (Å²) in [7, 11) is 0. The summed E-state index contributed by atoms with van der Waals surface area (Å²) in [5, 5.41) is 40.2. The summed E-state index contributed by atoms with van der Waals surface area (Å²) in [5.74, 6) is 0. The van der Waals surface area contributed by atoms with E-state index in [9.17, 15) is 15.3 Å². The average molecular weight is 189 g/mol. The highest BCUT2D eigenvalue weighted by Crippen LogP contribution is 2.45. The van der Waals surface area contributed by atoms with Crippen molar-refractivity contribution in [1.29, 1.82) is 0 Å². The summed E-state index contributed by atoms with van der Waals surface area (Å²) >= 11 is 0. The molecule has 2 aliphatic rings. The van der Waals surface area contributed by atoms with Crippen LogP contribution < -0.4 is 5.32 Å². The van der Waals surface area contributed by atoms with Gasteiger partial charge in [-0.25, -0.2) is 0 Å². The van der Waals surface area contributed by atoms with E-state index in [0.29, 0.717) is 0 Å². The largest absolute Gasteiger partial charge is 0.394 e. The van der Waals surface area contributed by atoms with E-state index in [1.54, 1.807) is 0 Å². The van der Waals surface area contributed by atoms with Crippen LogP contribution in [0.4, 0.5) is 0 Å². The standard InChI is InChI=1S/C8H15NO4/c10-3-4(11)5-6(12)7(13)8(9-5)1-2-8/h4-7,9-13H,1-3H2/t4?,5-,6-,7-/m0/s1. The Morgan fingerprint density at radius 2 is 2.00 bits per heavy atom. The van der Waals surface area contributed by atoms with Gasteiger partial charge in [0.05, 0.1) is 31.0 Å². The molecular weight excluding hydrogens is 174 g/mol. The molecule has 76 valence electrons. The lowest BCUT2D eigenvalue weighted by molar-refractivity contribution is -0.0141. The van der Waals surface area contributed by atoms with Gasteiger partial charge in [0.2, 0.25) is 0 Å². The van der Waals surface area contributed by atoms with Crippen molar-refractivity contribution in [2.75, 3.05) is 6.61 Å². The highest BCUT2D eigenvalue weighted by Gasteiger charge is 2.60. The Labute approximate surface area is 76.0 Å². The van der Waals surface area contributed by atoms with Crippen molar-refractivity contribution in [2.45, 2.75) is 42.7 Å².